The number of carbonyl (C=O) groups excluding carboxylic acids is 1. The second kappa shape index (κ2) is 9.41. The van der Waals surface area contributed by atoms with Crippen LogP contribution in [-0.2, 0) is 10.0 Å². The highest BCUT2D eigenvalue weighted by Gasteiger charge is 2.16. The first kappa shape index (κ1) is 20.6. The Morgan fingerprint density at radius 2 is 1.79 bits per heavy atom. The number of hydrogen-bond donors (Lipinski definition) is 2. The number of halogens is 1. The zero-order valence-corrected chi connectivity index (χ0v) is 17.1. The molecule has 0 bridgehead atoms. The van der Waals surface area contributed by atoms with Gasteiger partial charge in [0.05, 0.1) is 15.6 Å². The van der Waals surface area contributed by atoms with Crippen LogP contribution >= 0.6 is 11.6 Å². The number of benzene rings is 2. The fourth-order valence-electron chi connectivity index (χ4n) is 3.16. The fourth-order valence-corrected chi connectivity index (χ4v) is 4.54. The van der Waals surface area contributed by atoms with Crippen LogP contribution in [0.25, 0.3) is 0 Å². The van der Waals surface area contributed by atoms with Crippen molar-refractivity contribution in [1.29, 1.82) is 0 Å². The normalized spacial score (nSPS) is 14.8. The average Bonchev–Trinajstić information content (AvgIpc) is 3.21. The monoisotopic (exact) mass is 421 g/mol. The summed E-state index contributed by atoms with van der Waals surface area (Å²) in [6.45, 7) is 3.87. The van der Waals surface area contributed by atoms with Gasteiger partial charge < -0.3 is 10.2 Å². The molecule has 2 aromatic carbocycles. The Morgan fingerprint density at radius 1 is 1.07 bits per heavy atom. The third kappa shape index (κ3) is 5.47. The molecule has 0 radical (unpaired) electrons. The molecule has 2 N–H and O–H groups in total. The van der Waals surface area contributed by atoms with E-state index in [1.807, 2.05) is 0 Å². The number of rotatable bonds is 8. The maximum Gasteiger partial charge on any atom is 0.261 e. The number of amides is 1. The van der Waals surface area contributed by atoms with Gasteiger partial charge in [-0.15, -0.1) is 0 Å². The van der Waals surface area contributed by atoms with Gasteiger partial charge in [0.1, 0.15) is 0 Å². The molecule has 6 nitrogen and oxygen atoms in total. The summed E-state index contributed by atoms with van der Waals surface area (Å²) in [6, 6.07) is 12.6. The van der Waals surface area contributed by atoms with Gasteiger partial charge in [0.15, 0.2) is 0 Å². The van der Waals surface area contributed by atoms with Crippen molar-refractivity contribution < 1.29 is 13.2 Å². The van der Waals surface area contributed by atoms with Gasteiger partial charge in [-0.2, -0.15) is 0 Å². The molecule has 0 saturated carbocycles. The van der Waals surface area contributed by atoms with Gasteiger partial charge in [0, 0.05) is 12.1 Å². The maximum absolute atomic E-state index is 12.4. The number of likely N-dealkylation sites (tertiary alicyclic amines) is 1. The Labute approximate surface area is 170 Å². The molecule has 2 aromatic rings. The predicted octanol–water partition coefficient (Wildman–Crippen LogP) is 3.36. The highest BCUT2D eigenvalue weighted by molar-refractivity contribution is 7.92. The van der Waals surface area contributed by atoms with Gasteiger partial charge in [0.2, 0.25) is 0 Å². The van der Waals surface area contributed by atoms with Gasteiger partial charge in [0.25, 0.3) is 15.9 Å². The van der Waals surface area contributed by atoms with Gasteiger partial charge in [-0.05, 0) is 69.2 Å². The number of nitrogens with zero attached hydrogens (tertiary/aromatic N) is 1. The molecule has 0 unspecified atom stereocenters. The number of nitrogens with one attached hydrogen (secondary N) is 2. The Bertz CT molecular complexity index is 914. The van der Waals surface area contributed by atoms with Crippen LogP contribution in [0.5, 0.6) is 0 Å². The average molecular weight is 422 g/mol. The van der Waals surface area contributed by atoms with Crippen LogP contribution in [0.4, 0.5) is 5.69 Å². The number of anilines is 1. The summed E-state index contributed by atoms with van der Waals surface area (Å²) < 4.78 is 27.3. The van der Waals surface area contributed by atoms with Crippen LogP contribution in [0.3, 0.4) is 0 Å². The van der Waals surface area contributed by atoms with Gasteiger partial charge in [-0.1, -0.05) is 29.8 Å². The van der Waals surface area contributed by atoms with E-state index in [2.05, 4.69) is 14.9 Å². The summed E-state index contributed by atoms with van der Waals surface area (Å²) in [6.07, 6.45) is 3.41. The molecular weight excluding hydrogens is 398 g/mol. The molecule has 1 heterocycles. The molecule has 1 saturated heterocycles. The first-order chi connectivity index (χ1) is 13.5. The molecule has 1 aliphatic heterocycles. The zero-order valence-electron chi connectivity index (χ0n) is 15.5. The number of carbonyl (C=O) groups is 1. The summed E-state index contributed by atoms with van der Waals surface area (Å²) in [5.41, 5.74) is 0.630. The second-order valence-corrected chi connectivity index (χ2v) is 8.86. The van der Waals surface area contributed by atoms with Crippen molar-refractivity contribution in [2.24, 2.45) is 0 Å². The minimum atomic E-state index is -3.73. The molecule has 1 aliphatic rings. The van der Waals surface area contributed by atoms with Crippen LogP contribution in [0.1, 0.15) is 29.6 Å². The highest BCUT2D eigenvalue weighted by atomic mass is 35.5. The third-order valence-corrected chi connectivity index (χ3v) is 6.36. The molecule has 0 aromatic heterocycles. The lowest BCUT2D eigenvalue weighted by Crippen LogP contribution is -2.28. The Morgan fingerprint density at radius 3 is 2.46 bits per heavy atom. The summed E-state index contributed by atoms with van der Waals surface area (Å²) >= 11 is 6.20. The largest absolute Gasteiger partial charge is 0.352 e. The van der Waals surface area contributed by atoms with Crippen molar-refractivity contribution in [3.63, 3.8) is 0 Å². The second-order valence-electron chi connectivity index (χ2n) is 6.77. The first-order valence-electron chi connectivity index (χ1n) is 9.34. The van der Waals surface area contributed by atoms with E-state index in [0.29, 0.717) is 12.1 Å². The SMILES string of the molecule is O=C(NCCCN1CCCC1)c1ccc(NS(=O)(=O)c2ccccc2)c(Cl)c1. The Balaban J connectivity index is 1.56. The van der Waals surface area contributed by atoms with Crippen molar-refractivity contribution >= 4 is 33.2 Å². The van der Waals surface area contributed by atoms with Crippen molar-refractivity contribution in [2.45, 2.75) is 24.2 Å². The number of hydrogen-bond acceptors (Lipinski definition) is 4. The quantitative estimate of drug-likeness (QED) is 0.640. The van der Waals surface area contributed by atoms with E-state index in [-0.39, 0.29) is 21.5 Å². The molecular formula is C20H24ClN3O3S. The van der Waals surface area contributed by atoms with Crippen LogP contribution in [0.2, 0.25) is 5.02 Å². The van der Waals surface area contributed by atoms with Crippen LogP contribution in [-0.4, -0.2) is 45.4 Å². The van der Waals surface area contributed by atoms with Crippen molar-refractivity contribution in [1.82, 2.24) is 10.2 Å². The Kier molecular flexibility index (Phi) is 6.93. The first-order valence-corrected chi connectivity index (χ1v) is 11.2. The highest BCUT2D eigenvalue weighted by Crippen LogP contribution is 2.25. The van der Waals surface area contributed by atoms with Gasteiger partial charge in [-0.25, -0.2) is 8.42 Å². The van der Waals surface area contributed by atoms with Crippen LogP contribution in [0, 0.1) is 0 Å². The lowest BCUT2D eigenvalue weighted by atomic mass is 10.2. The molecule has 3 rings (SSSR count). The van der Waals surface area contributed by atoms with Gasteiger partial charge >= 0.3 is 0 Å². The molecule has 8 heteroatoms. The van der Waals surface area contributed by atoms with E-state index in [1.165, 1.54) is 37.1 Å². The topological polar surface area (TPSA) is 78.5 Å². The molecule has 1 fully saturated rings. The standard InChI is InChI=1S/C20H24ClN3O3S/c21-18-15-16(20(25)22-11-6-14-24-12-4-5-13-24)9-10-19(18)23-28(26,27)17-7-2-1-3-8-17/h1-3,7-10,15,23H,4-6,11-14H2,(H,22,25). The van der Waals surface area contributed by atoms with Gasteiger partial charge in [-0.3, -0.25) is 9.52 Å². The molecule has 0 atom stereocenters. The molecule has 0 spiro atoms. The van der Waals surface area contributed by atoms with Crippen molar-refractivity contribution in [3.8, 4) is 0 Å². The molecule has 150 valence electrons. The smallest absolute Gasteiger partial charge is 0.261 e. The van der Waals surface area contributed by atoms with Crippen LogP contribution in [0.15, 0.2) is 53.4 Å². The molecule has 1 amide bonds. The summed E-state index contributed by atoms with van der Waals surface area (Å²) in [4.78, 5) is 14.8. The third-order valence-electron chi connectivity index (χ3n) is 4.66. The van der Waals surface area contributed by atoms with E-state index < -0.39 is 10.0 Å². The van der Waals surface area contributed by atoms with E-state index in [9.17, 15) is 13.2 Å². The van der Waals surface area contributed by atoms with E-state index in [1.54, 1.807) is 24.3 Å². The predicted molar refractivity (Wildman–Crippen MR) is 111 cm³/mol. The summed E-state index contributed by atoms with van der Waals surface area (Å²) in [7, 11) is -3.73. The minimum Gasteiger partial charge on any atom is -0.352 e. The van der Waals surface area contributed by atoms with E-state index >= 15 is 0 Å². The van der Waals surface area contributed by atoms with Crippen LogP contribution < -0.4 is 10.0 Å². The number of sulfonamides is 1. The fraction of sp³-hybridized carbons (Fsp3) is 0.350. The summed E-state index contributed by atoms with van der Waals surface area (Å²) in [5, 5.41) is 3.05. The summed E-state index contributed by atoms with van der Waals surface area (Å²) in [5.74, 6) is -0.221. The van der Waals surface area contributed by atoms with E-state index in [0.717, 1.165) is 26.1 Å². The molecule has 28 heavy (non-hydrogen) atoms. The van der Waals surface area contributed by atoms with E-state index in [4.69, 9.17) is 11.6 Å². The molecule has 0 aliphatic carbocycles. The van der Waals surface area contributed by atoms with Crippen molar-refractivity contribution in [2.75, 3.05) is 30.9 Å². The minimum absolute atomic E-state index is 0.144. The van der Waals surface area contributed by atoms with Crippen molar-refractivity contribution in [3.05, 3.63) is 59.1 Å². The lowest BCUT2D eigenvalue weighted by Gasteiger charge is -2.14. The Hall–Kier alpha value is -2.09. The maximum atomic E-state index is 12.4. The lowest BCUT2D eigenvalue weighted by molar-refractivity contribution is 0.0952. The zero-order chi connectivity index (χ0) is 20.0.